The van der Waals surface area contributed by atoms with Gasteiger partial charge in [-0.15, -0.1) is 0 Å². The highest BCUT2D eigenvalue weighted by atomic mass is 16.5. The van der Waals surface area contributed by atoms with Gasteiger partial charge in [0, 0.05) is 18.4 Å². The lowest BCUT2D eigenvalue weighted by molar-refractivity contribution is -0.141. The van der Waals surface area contributed by atoms with Crippen molar-refractivity contribution in [1.29, 1.82) is 0 Å². The molecule has 0 fully saturated rings. The number of pyridine rings is 1. The molecule has 0 aromatic carbocycles. The van der Waals surface area contributed by atoms with Crippen LogP contribution in [0.2, 0.25) is 0 Å². The Morgan fingerprint density at radius 3 is 2.56 bits per heavy atom. The van der Waals surface area contributed by atoms with Crippen LogP contribution in [0.5, 0.6) is 0 Å². The SMILES string of the molecule is COC(=O)CN(C(=O)c1cncc(C)c1)C(C)C. The van der Waals surface area contributed by atoms with Crippen molar-refractivity contribution in [1.82, 2.24) is 9.88 Å². The fourth-order valence-electron chi connectivity index (χ4n) is 1.53. The molecule has 0 unspecified atom stereocenters. The molecule has 5 heteroatoms. The Balaban J connectivity index is 2.93. The van der Waals surface area contributed by atoms with E-state index in [0.29, 0.717) is 5.56 Å². The van der Waals surface area contributed by atoms with Crippen LogP contribution in [0.25, 0.3) is 0 Å². The Morgan fingerprint density at radius 2 is 2.06 bits per heavy atom. The molecule has 0 N–H and O–H groups in total. The number of methoxy groups -OCH3 is 1. The lowest BCUT2D eigenvalue weighted by Crippen LogP contribution is -2.41. The van der Waals surface area contributed by atoms with E-state index in [1.807, 2.05) is 20.8 Å². The normalized spacial score (nSPS) is 10.3. The third-order valence-corrected chi connectivity index (χ3v) is 2.53. The van der Waals surface area contributed by atoms with E-state index >= 15 is 0 Å². The molecule has 0 aliphatic rings. The second-order valence-electron chi connectivity index (χ2n) is 4.35. The van der Waals surface area contributed by atoms with Gasteiger partial charge in [-0.25, -0.2) is 0 Å². The van der Waals surface area contributed by atoms with Crippen LogP contribution in [0.4, 0.5) is 0 Å². The smallest absolute Gasteiger partial charge is 0.325 e. The monoisotopic (exact) mass is 250 g/mol. The quantitative estimate of drug-likeness (QED) is 0.758. The maximum atomic E-state index is 12.3. The summed E-state index contributed by atoms with van der Waals surface area (Å²) in [6.07, 6.45) is 3.18. The van der Waals surface area contributed by atoms with Gasteiger partial charge in [0.2, 0.25) is 0 Å². The van der Waals surface area contributed by atoms with Gasteiger partial charge in [-0.1, -0.05) is 0 Å². The number of hydrogen-bond acceptors (Lipinski definition) is 4. The number of carbonyl (C=O) groups excluding carboxylic acids is 2. The second-order valence-corrected chi connectivity index (χ2v) is 4.35. The molecule has 1 heterocycles. The minimum atomic E-state index is -0.433. The molecule has 5 nitrogen and oxygen atoms in total. The maximum Gasteiger partial charge on any atom is 0.325 e. The van der Waals surface area contributed by atoms with Crippen LogP contribution in [0.15, 0.2) is 18.5 Å². The Morgan fingerprint density at radius 1 is 1.39 bits per heavy atom. The molecule has 1 amide bonds. The first-order chi connectivity index (χ1) is 8.45. The lowest BCUT2D eigenvalue weighted by atomic mass is 10.2. The van der Waals surface area contributed by atoms with Gasteiger partial charge in [-0.2, -0.15) is 0 Å². The molecule has 1 aromatic heterocycles. The summed E-state index contributed by atoms with van der Waals surface area (Å²) in [5.74, 6) is -0.649. The molecule has 0 aliphatic heterocycles. The molecular weight excluding hydrogens is 232 g/mol. The molecule has 1 aromatic rings. The summed E-state index contributed by atoms with van der Waals surface area (Å²) in [5, 5.41) is 0. The van der Waals surface area contributed by atoms with E-state index in [-0.39, 0.29) is 18.5 Å². The number of aromatic nitrogens is 1. The van der Waals surface area contributed by atoms with E-state index in [1.54, 1.807) is 12.3 Å². The van der Waals surface area contributed by atoms with E-state index in [0.717, 1.165) is 5.56 Å². The molecule has 98 valence electrons. The topological polar surface area (TPSA) is 59.5 Å². The molecule has 0 saturated heterocycles. The van der Waals surface area contributed by atoms with Crippen molar-refractivity contribution in [2.75, 3.05) is 13.7 Å². The third kappa shape index (κ3) is 3.55. The average molecular weight is 250 g/mol. The summed E-state index contributed by atoms with van der Waals surface area (Å²) < 4.78 is 4.59. The lowest BCUT2D eigenvalue weighted by Gasteiger charge is -2.25. The number of ether oxygens (including phenoxy) is 1. The third-order valence-electron chi connectivity index (χ3n) is 2.53. The average Bonchev–Trinajstić information content (AvgIpc) is 2.34. The van der Waals surface area contributed by atoms with Gasteiger partial charge >= 0.3 is 5.97 Å². The summed E-state index contributed by atoms with van der Waals surface area (Å²) in [4.78, 5) is 29.0. The van der Waals surface area contributed by atoms with Crippen molar-refractivity contribution < 1.29 is 14.3 Å². The minimum absolute atomic E-state index is 0.0546. The van der Waals surface area contributed by atoms with Crippen LogP contribution < -0.4 is 0 Å². The van der Waals surface area contributed by atoms with Crippen LogP contribution >= 0.6 is 0 Å². The molecule has 0 spiro atoms. The number of carbonyl (C=O) groups is 2. The van der Waals surface area contributed by atoms with Crippen LogP contribution in [0.1, 0.15) is 29.8 Å². The molecule has 0 atom stereocenters. The van der Waals surface area contributed by atoms with Gasteiger partial charge in [0.25, 0.3) is 5.91 Å². The summed E-state index contributed by atoms with van der Waals surface area (Å²) in [5.41, 5.74) is 1.38. The van der Waals surface area contributed by atoms with Gasteiger partial charge in [0.05, 0.1) is 12.7 Å². The Hall–Kier alpha value is -1.91. The zero-order chi connectivity index (χ0) is 13.7. The number of rotatable bonds is 4. The number of amides is 1. The first kappa shape index (κ1) is 14.2. The van der Waals surface area contributed by atoms with Crippen molar-refractivity contribution in [3.63, 3.8) is 0 Å². The van der Waals surface area contributed by atoms with E-state index < -0.39 is 5.97 Å². The maximum absolute atomic E-state index is 12.3. The largest absolute Gasteiger partial charge is 0.468 e. The van der Waals surface area contributed by atoms with E-state index in [4.69, 9.17) is 0 Å². The molecule has 0 aliphatic carbocycles. The highest BCUT2D eigenvalue weighted by Crippen LogP contribution is 2.09. The highest BCUT2D eigenvalue weighted by Gasteiger charge is 2.22. The summed E-state index contributed by atoms with van der Waals surface area (Å²) in [6.45, 7) is 5.51. The summed E-state index contributed by atoms with van der Waals surface area (Å²) in [6, 6.07) is 1.67. The molecule has 0 radical (unpaired) electrons. The Bertz CT molecular complexity index is 444. The predicted molar refractivity (Wildman–Crippen MR) is 67.2 cm³/mol. The second kappa shape index (κ2) is 6.14. The number of nitrogens with zero attached hydrogens (tertiary/aromatic N) is 2. The molecular formula is C13H18N2O3. The van der Waals surface area contributed by atoms with Gasteiger partial charge in [0.15, 0.2) is 0 Å². The van der Waals surface area contributed by atoms with Gasteiger partial charge in [0.1, 0.15) is 6.54 Å². The van der Waals surface area contributed by atoms with Gasteiger partial charge in [-0.3, -0.25) is 14.6 Å². The van der Waals surface area contributed by atoms with Crippen molar-refractivity contribution in [3.05, 3.63) is 29.6 Å². The minimum Gasteiger partial charge on any atom is -0.468 e. The Kier molecular flexibility index (Phi) is 4.83. The molecule has 0 saturated carbocycles. The first-order valence-corrected chi connectivity index (χ1v) is 5.75. The standard InChI is InChI=1S/C13H18N2O3/c1-9(2)15(8-12(16)18-4)13(17)11-5-10(3)6-14-7-11/h5-7,9H,8H2,1-4H3. The predicted octanol–water partition coefficient (Wildman–Crippen LogP) is 1.41. The van der Waals surface area contributed by atoms with Gasteiger partial charge in [-0.05, 0) is 32.4 Å². The zero-order valence-electron chi connectivity index (χ0n) is 11.1. The van der Waals surface area contributed by atoms with E-state index in [2.05, 4.69) is 9.72 Å². The van der Waals surface area contributed by atoms with Crippen LogP contribution in [0.3, 0.4) is 0 Å². The highest BCUT2D eigenvalue weighted by molar-refractivity contribution is 5.96. The molecule has 1 rings (SSSR count). The van der Waals surface area contributed by atoms with Crippen LogP contribution in [-0.4, -0.2) is 41.5 Å². The summed E-state index contributed by atoms with van der Waals surface area (Å²) >= 11 is 0. The van der Waals surface area contributed by atoms with E-state index in [1.165, 1.54) is 18.2 Å². The number of hydrogen-bond donors (Lipinski definition) is 0. The van der Waals surface area contributed by atoms with Crippen molar-refractivity contribution >= 4 is 11.9 Å². The van der Waals surface area contributed by atoms with Crippen LogP contribution in [-0.2, 0) is 9.53 Å². The summed E-state index contributed by atoms with van der Waals surface area (Å²) in [7, 11) is 1.31. The fraction of sp³-hybridized carbons (Fsp3) is 0.462. The fourth-order valence-corrected chi connectivity index (χ4v) is 1.53. The first-order valence-electron chi connectivity index (χ1n) is 5.75. The number of aryl methyl sites for hydroxylation is 1. The zero-order valence-corrected chi connectivity index (χ0v) is 11.1. The van der Waals surface area contributed by atoms with Crippen molar-refractivity contribution in [2.45, 2.75) is 26.8 Å². The molecule has 0 bridgehead atoms. The van der Waals surface area contributed by atoms with Crippen LogP contribution in [0, 0.1) is 6.92 Å². The van der Waals surface area contributed by atoms with Crippen molar-refractivity contribution in [2.24, 2.45) is 0 Å². The van der Waals surface area contributed by atoms with Crippen molar-refractivity contribution in [3.8, 4) is 0 Å². The Labute approximate surface area is 107 Å². The molecule has 18 heavy (non-hydrogen) atoms. The van der Waals surface area contributed by atoms with E-state index in [9.17, 15) is 9.59 Å². The number of esters is 1. The van der Waals surface area contributed by atoms with Gasteiger partial charge < -0.3 is 9.64 Å².